The average molecular weight is 224 g/mol. The van der Waals surface area contributed by atoms with Gasteiger partial charge in [0.1, 0.15) is 0 Å². The zero-order chi connectivity index (χ0) is 12.2. The second kappa shape index (κ2) is 10.6. The van der Waals surface area contributed by atoms with Gasteiger partial charge in [-0.05, 0) is 12.6 Å². The van der Waals surface area contributed by atoms with Gasteiger partial charge in [-0.15, -0.1) is 0 Å². The lowest BCUT2D eigenvalue weighted by Gasteiger charge is -2.16. The third-order valence-electron chi connectivity index (χ3n) is 1.97. The Balaban J connectivity index is 0.00000106. The van der Waals surface area contributed by atoms with E-state index in [1.54, 1.807) is 0 Å². The van der Waals surface area contributed by atoms with E-state index >= 15 is 0 Å². The van der Waals surface area contributed by atoms with Crippen LogP contribution >= 0.6 is 0 Å². The fourth-order valence-corrected chi connectivity index (χ4v) is 1.30. The predicted molar refractivity (Wildman–Crippen MR) is 69.2 cm³/mol. The first-order chi connectivity index (χ1) is 7.83. The Bertz CT molecular complexity index is 239. The number of hydrogen-bond donors (Lipinski definition) is 2. The van der Waals surface area contributed by atoms with Crippen molar-refractivity contribution in [3.63, 3.8) is 0 Å². The summed E-state index contributed by atoms with van der Waals surface area (Å²) in [5.74, 6) is 0. The molecule has 1 aromatic carbocycles. The number of nitrogens with one attached hydrogen (secondary N) is 1. The molecule has 0 amide bonds. The number of benzene rings is 1. The molecule has 0 aliphatic heterocycles. The maximum absolute atomic E-state index is 8.59. The van der Waals surface area contributed by atoms with E-state index in [0.29, 0.717) is 6.54 Å². The molecule has 0 atom stereocenters. The molecule has 0 unspecified atom stereocenters. The Morgan fingerprint density at radius 3 is 2.38 bits per heavy atom. The molecule has 0 radical (unpaired) electrons. The summed E-state index contributed by atoms with van der Waals surface area (Å²) in [5.41, 5.74) is 1.31. The summed E-state index contributed by atoms with van der Waals surface area (Å²) in [4.78, 5) is 2.17. The molecule has 0 saturated heterocycles. The Morgan fingerprint density at radius 1 is 1.19 bits per heavy atom. The molecule has 3 heteroatoms. The van der Waals surface area contributed by atoms with Gasteiger partial charge in [0.2, 0.25) is 0 Å². The fourth-order valence-electron chi connectivity index (χ4n) is 1.30. The van der Waals surface area contributed by atoms with E-state index in [-0.39, 0.29) is 6.61 Å². The van der Waals surface area contributed by atoms with Gasteiger partial charge >= 0.3 is 0 Å². The first-order valence-corrected chi connectivity index (χ1v) is 5.87. The van der Waals surface area contributed by atoms with Crippen LogP contribution in [0.2, 0.25) is 0 Å². The van der Waals surface area contributed by atoms with Gasteiger partial charge < -0.3 is 10.4 Å². The number of rotatable bonds is 6. The van der Waals surface area contributed by atoms with E-state index in [1.165, 1.54) is 5.56 Å². The van der Waals surface area contributed by atoms with Crippen molar-refractivity contribution in [2.75, 3.05) is 26.9 Å². The smallest absolute Gasteiger partial charge is 0.0556 e. The van der Waals surface area contributed by atoms with E-state index in [1.807, 2.05) is 32.0 Å². The lowest BCUT2D eigenvalue weighted by atomic mass is 10.2. The molecule has 1 aromatic rings. The van der Waals surface area contributed by atoms with Crippen molar-refractivity contribution in [2.45, 2.75) is 20.4 Å². The van der Waals surface area contributed by atoms with Crippen molar-refractivity contribution in [2.24, 2.45) is 0 Å². The van der Waals surface area contributed by atoms with Gasteiger partial charge in [0, 0.05) is 19.8 Å². The molecule has 0 aromatic heterocycles. The van der Waals surface area contributed by atoms with Crippen LogP contribution in [0.1, 0.15) is 19.4 Å². The lowest BCUT2D eigenvalue weighted by molar-refractivity contribution is 0.256. The summed E-state index contributed by atoms with van der Waals surface area (Å²) in [7, 11) is 2.05. The van der Waals surface area contributed by atoms with Crippen molar-refractivity contribution >= 4 is 0 Å². The molecule has 16 heavy (non-hydrogen) atoms. The van der Waals surface area contributed by atoms with E-state index in [4.69, 9.17) is 5.11 Å². The molecule has 1 rings (SSSR count). The summed E-state index contributed by atoms with van der Waals surface area (Å²) in [6.07, 6.45) is 0. The SMILES string of the molecule is CC.CN(CNCCO)Cc1ccccc1. The molecule has 3 nitrogen and oxygen atoms in total. The third kappa shape index (κ3) is 7.40. The monoisotopic (exact) mass is 224 g/mol. The zero-order valence-electron chi connectivity index (χ0n) is 10.6. The number of hydrogen-bond acceptors (Lipinski definition) is 3. The van der Waals surface area contributed by atoms with Gasteiger partial charge in [0.25, 0.3) is 0 Å². The van der Waals surface area contributed by atoms with E-state index < -0.39 is 0 Å². The van der Waals surface area contributed by atoms with Crippen molar-refractivity contribution in [3.05, 3.63) is 35.9 Å². The predicted octanol–water partition coefficient (Wildman–Crippen LogP) is 1.68. The van der Waals surface area contributed by atoms with Crippen LogP contribution in [0.3, 0.4) is 0 Å². The molecule has 92 valence electrons. The van der Waals surface area contributed by atoms with Crippen LogP contribution in [-0.4, -0.2) is 36.9 Å². The maximum Gasteiger partial charge on any atom is 0.0556 e. The standard InChI is InChI=1S/C11H18N2O.C2H6/c1-13(10-12-7-8-14)9-11-5-3-2-4-6-11;1-2/h2-6,12,14H,7-10H2,1H3;1-2H3. The molecule has 0 heterocycles. The second-order valence-corrected chi connectivity index (χ2v) is 3.38. The van der Waals surface area contributed by atoms with Crippen molar-refractivity contribution in [1.29, 1.82) is 0 Å². The Labute approximate surface area is 99.1 Å². The van der Waals surface area contributed by atoms with Gasteiger partial charge in [-0.1, -0.05) is 44.2 Å². The Hall–Kier alpha value is -0.900. The van der Waals surface area contributed by atoms with Gasteiger partial charge in [0.05, 0.1) is 6.61 Å². The average Bonchev–Trinajstić information content (AvgIpc) is 2.33. The molecule has 0 aliphatic rings. The van der Waals surface area contributed by atoms with E-state index in [0.717, 1.165) is 13.2 Å². The normalized spacial score (nSPS) is 9.81. The van der Waals surface area contributed by atoms with Crippen LogP contribution < -0.4 is 5.32 Å². The molecule has 0 aliphatic carbocycles. The summed E-state index contributed by atoms with van der Waals surface area (Å²) >= 11 is 0. The minimum absolute atomic E-state index is 0.194. The van der Waals surface area contributed by atoms with Crippen molar-refractivity contribution in [1.82, 2.24) is 10.2 Å². The van der Waals surface area contributed by atoms with Crippen LogP contribution in [0.5, 0.6) is 0 Å². The summed E-state index contributed by atoms with van der Waals surface area (Å²) in [6, 6.07) is 10.3. The molecular formula is C13H24N2O. The van der Waals surface area contributed by atoms with Crippen molar-refractivity contribution < 1.29 is 5.11 Å². The van der Waals surface area contributed by atoms with E-state index in [2.05, 4.69) is 29.4 Å². The first kappa shape index (κ1) is 15.1. The molecule has 2 N–H and O–H groups in total. The molecule has 0 bridgehead atoms. The summed E-state index contributed by atoms with van der Waals surface area (Å²) in [6.45, 7) is 6.58. The third-order valence-corrected chi connectivity index (χ3v) is 1.97. The molecular weight excluding hydrogens is 200 g/mol. The second-order valence-electron chi connectivity index (χ2n) is 3.38. The van der Waals surface area contributed by atoms with Gasteiger partial charge in [-0.25, -0.2) is 0 Å². The highest BCUT2D eigenvalue weighted by Gasteiger charge is 1.97. The lowest BCUT2D eigenvalue weighted by Crippen LogP contribution is -2.32. The quantitative estimate of drug-likeness (QED) is 0.570. The number of nitrogens with zero attached hydrogens (tertiary/aromatic N) is 1. The van der Waals surface area contributed by atoms with Crippen molar-refractivity contribution in [3.8, 4) is 0 Å². The highest BCUT2D eigenvalue weighted by molar-refractivity contribution is 5.14. The van der Waals surface area contributed by atoms with Crippen LogP contribution in [-0.2, 0) is 6.54 Å². The largest absolute Gasteiger partial charge is 0.395 e. The minimum atomic E-state index is 0.194. The fraction of sp³-hybridized carbons (Fsp3) is 0.538. The Morgan fingerprint density at radius 2 is 1.81 bits per heavy atom. The van der Waals surface area contributed by atoms with E-state index in [9.17, 15) is 0 Å². The summed E-state index contributed by atoms with van der Waals surface area (Å²) in [5, 5.41) is 11.7. The van der Waals surface area contributed by atoms with Crippen LogP contribution in [0.15, 0.2) is 30.3 Å². The van der Waals surface area contributed by atoms with Crippen LogP contribution in [0.25, 0.3) is 0 Å². The highest BCUT2D eigenvalue weighted by atomic mass is 16.3. The minimum Gasteiger partial charge on any atom is -0.395 e. The highest BCUT2D eigenvalue weighted by Crippen LogP contribution is 2.00. The topological polar surface area (TPSA) is 35.5 Å². The van der Waals surface area contributed by atoms with Crippen LogP contribution in [0.4, 0.5) is 0 Å². The zero-order valence-corrected chi connectivity index (χ0v) is 10.6. The maximum atomic E-state index is 8.59. The Kier molecular flexibility index (Phi) is 10.0. The first-order valence-electron chi connectivity index (χ1n) is 5.87. The summed E-state index contributed by atoms with van der Waals surface area (Å²) < 4.78 is 0. The molecule has 0 fully saturated rings. The number of aliphatic hydroxyl groups is 1. The molecule has 0 spiro atoms. The van der Waals surface area contributed by atoms with Gasteiger partial charge in [0.15, 0.2) is 0 Å². The molecule has 0 saturated carbocycles. The van der Waals surface area contributed by atoms with Gasteiger partial charge in [-0.2, -0.15) is 0 Å². The number of aliphatic hydroxyl groups excluding tert-OH is 1. The van der Waals surface area contributed by atoms with Gasteiger partial charge in [-0.3, -0.25) is 4.90 Å². The van der Waals surface area contributed by atoms with Crippen LogP contribution in [0, 0.1) is 0 Å².